The zero-order chi connectivity index (χ0) is 11.7. The molecular formula is C14H31N. The first-order valence-electron chi connectivity index (χ1n) is 6.76. The van der Waals surface area contributed by atoms with Gasteiger partial charge in [-0.05, 0) is 43.7 Å². The number of rotatable bonds is 9. The van der Waals surface area contributed by atoms with Gasteiger partial charge < -0.3 is 5.32 Å². The van der Waals surface area contributed by atoms with Crippen molar-refractivity contribution >= 4 is 0 Å². The van der Waals surface area contributed by atoms with Crippen LogP contribution in [0.25, 0.3) is 0 Å². The van der Waals surface area contributed by atoms with Crippen LogP contribution in [0, 0.1) is 11.3 Å². The van der Waals surface area contributed by atoms with Gasteiger partial charge in [-0.15, -0.1) is 0 Å². The lowest BCUT2D eigenvalue weighted by Crippen LogP contribution is -2.24. The van der Waals surface area contributed by atoms with Gasteiger partial charge in [0.25, 0.3) is 0 Å². The maximum atomic E-state index is 3.50. The summed E-state index contributed by atoms with van der Waals surface area (Å²) in [6.07, 6.45) is 6.61. The minimum Gasteiger partial charge on any atom is -0.317 e. The summed E-state index contributed by atoms with van der Waals surface area (Å²) in [5, 5.41) is 3.50. The van der Waals surface area contributed by atoms with E-state index < -0.39 is 0 Å². The topological polar surface area (TPSA) is 12.0 Å². The van der Waals surface area contributed by atoms with Crippen molar-refractivity contribution in [2.24, 2.45) is 11.3 Å². The van der Waals surface area contributed by atoms with E-state index in [0.717, 1.165) is 5.92 Å². The molecule has 0 aromatic carbocycles. The van der Waals surface area contributed by atoms with Crippen molar-refractivity contribution in [1.29, 1.82) is 0 Å². The molecule has 15 heavy (non-hydrogen) atoms. The van der Waals surface area contributed by atoms with Crippen molar-refractivity contribution in [3.63, 3.8) is 0 Å². The fraction of sp³-hybridized carbons (Fsp3) is 1.00. The molecule has 1 nitrogen and oxygen atoms in total. The molecule has 0 heterocycles. The van der Waals surface area contributed by atoms with E-state index in [0.29, 0.717) is 5.41 Å². The lowest BCUT2D eigenvalue weighted by atomic mass is 9.78. The predicted molar refractivity (Wildman–Crippen MR) is 70.2 cm³/mol. The highest BCUT2D eigenvalue weighted by Gasteiger charge is 2.20. The summed E-state index contributed by atoms with van der Waals surface area (Å²) in [5.41, 5.74) is 0.511. The minimum atomic E-state index is 0.511. The van der Waals surface area contributed by atoms with Crippen LogP contribution in [0.4, 0.5) is 0 Å². The maximum Gasteiger partial charge on any atom is -0.00438 e. The molecule has 0 radical (unpaired) electrons. The first kappa shape index (κ1) is 15.0. The zero-order valence-corrected chi connectivity index (χ0v) is 11.5. The van der Waals surface area contributed by atoms with Crippen LogP contribution >= 0.6 is 0 Å². The molecule has 0 fully saturated rings. The normalized spacial score (nSPS) is 12.4. The van der Waals surface area contributed by atoms with Gasteiger partial charge in [-0.2, -0.15) is 0 Å². The number of hydrogen-bond donors (Lipinski definition) is 1. The Morgan fingerprint density at radius 2 is 1.60 bits per heavy atom. The van der Waals surface area contributed by atoms with Crippen LogP contribution < -0.4 is 5.32 Å². The van der Waals surface area contributed by atoms with Gasteiger partial charge in [0.05, 0.1) is 0 Å². The summed E-state index contributed by atoms with van der Waals surface area (Å²) in [6.45, 7) is 14.0. The second kappa shape index (κ2) is 8.15. The summed E-state index contributed by atoms with van der Waals surface area (Å²) in [6, 6.07) is 0. The van der Waals surface area contributed by atoms with Crippen LogP contribution in [-0.4, -0.2) is 13.1 Å². The average Bonchev–Trinajstić information content (AvgIpc) is 2.21. The lowest BCUT2D eigenvalue weighted by molar-refractivity contribution is 0.236. The van der Waals surface area contributed by atoms with Gasteiger partial charge in [-0.1, -0.05) is 47.5 Å². The molecule has 0 aromatic rings. The monoisotopic (exact) mass is 213 g/mol. The van der Waals surface area contributed by atoms with Gasteiger partial charge >= 0.3 is 0 Å². The lowest BCUT2D eigenvalue weighted by Gasteiger charge is -2.29. The Hall–Kier alpha value is -0.0400. The van der Waals surface area contributed by atoms with Crippen LogP contribution in [0.5, 0.6) is 0 Å². The van der Waals surface area contributed by atoms with Gasteiger partial charge in [-0.3, -0.25) is 0 Å². The van der Waals surface area contributed by atoms with E-state index in [1.807, 2.05) is 0 Å². The van der Waals surface area contributed by atoms with Crippen molar-refractivity contribution in [2.45, 2.75) is 66.7 Å². The third-order valence-corrected chi connectivity index (χ3v) is 3.40. The van der Waals surface area contributed by atoms with E-state index in [4.69, 9.17) is 0 Å². The van der Waals surface area contributed by atoms with E-state index in [9.17, 15) is 0 Å². The van der Waals surface area contributed by atoms with Crippen molar-refractivity contribution in [1.82, 2.24) is 5.32 Å². The summed E-state index contributed by atoms with van der Waals surface area (Å²) < 4.78 is 0. The fourth-order valence-electron chi connectivity index (χ4n) is 2.19. The van der Waals surface area contributed by atoms with Gasteiger partial charge in [0.2, 0.25) is 0 Å². The quantitative estimate of drug-likeness (QED) is 0.565. The Bertz CT molecular complexity index is 136. The van der Waals surface area contributed by atoms with Gasteiger partial charge in [0.15, 0.2) is 0 Å². The van der Waals surface area contributed by atoms with E-state index in [2.05, 4.69) is 39.9 Å². The summed E-state index contributed by atoms with van der Waals surface area (Å²) in [7, 11) is 0. The van der Waals surface area contributed by atoms with Crippen LogP contribution in [0.1, 0.15) is 66.7 Å². The molecule has 0 amide bonds. The molecule has 0 aliphatic heterocycles. The Kier molecular flexibility index (Phi) is 8.13. The molecule has 0 unspecified atom stereocenters. The van der Waals surface area contributed by atoms with Crippen LogP contribution in [0.3, 0.4) is 0 Å². The third-order valence-electron chi connectivity index (χ3n) is 3.40. The summed E-state index contributed by atoms with van der Waals surface area (Å²) in [4.78, 5) is 0. The molecule has 0 aliphatic rings. The molecule has 1 N–H and O–H groups in total. The molecule has 0 spiro atoms. The van der Waals surface area contributed by atoms with Crippen LogP contribution in [0.15, 0.2) is 0 Å². The number of hydrogen-bond acceptors (Lipinski definition) is 1. The number of nitrogens with one attached hydrogen (secondary N) is 1. The molecule has 0 bridgehead atoms. The standard InChI is InChI=1S/C14H31N/c1-6-10-15-11-9-14(4,5)12-13(7-2)8-3/h13,15H,6-12H2,1-5H3. The maximum absolute atomic E-state index is 3.50. The minimum absolute atomic E-state index is 0.511. The molecule has 0 aromatic heterocycles. The second-order valence-corrected chi connectivity index (χ2v) is 5.55. The van der Waals surface area contributed by atoms with E-state index in [1.165, 1.54) is 45.2 Å². The van der Waals surface area contributed by atoms with Crippen molar-refractivity contribution < 1.29 is 0 Å². The average molecular weight is 213 g/mol. The largest absolute Gasteiger partial charge is 0.317 e. The second-order valence-electron chi connectivity index (χ2n) is 5.55. The van der Waals surface area contributed by atoms with E-state index in [1.54, 1.807) is 0 Å². The van der Waals surface area contributed by atoms with Gasteiger partial charge in [0, 0.05) is 0 Å². The van der Waals surface area contributed by atoms with Gasteiger partial charge in [0.1, 0.15) is 0 Å². The highest BCUT2D eigenvalue weighted by Crippen LogP contribution is 2.31. The first-order valence-corrected chi connectivity index (χ1v) is 6.76. The van der Waals surface area contributed by atoms with E-state index >= 15 is 0 Å². The van der Waals surface area contributed by atoms with Crippen LogP contribution in [-0.2, 0) is 0 Å². The van der Waals surface area contributed by atoms with Crippen molar-refractivity contribution in [3.8, 4) is 0 Å². The molecule has 0 saturated carbocycles. The smallest absolute Gasteiger partial charge is 0.00438 e. The summed E-state index contributed by atoms with van der Waals surface area (Å²) >= 11 is 0. The van der Waals surface area contributed by atoms with Gasteiger partial charge in [-0.25, -0.2) is 0 Å². The Balaban J connectivity index is 3.74. The zero-order valence-electron chi connectivity index (χ0n) is 11.5. The molecular weight excluding hydrogens is 182 g/mol. The highest BCUT2D eigenvalue weighted by molar-refractivity contribution is 4.73. The molecule has 0 saturated heterocycles. The highest BCUT2D eigenvalue weighted by atomic mass is 14.8. The Morgan fingerprint density at radius 1 is 1.00 bits per heavy atom. The van der Waals surface area contributed by atoms with Crippen molar-refractivity contribution in [3.05, 3.63) is 0 Å². The summed E-state index contributed by atoms with van der Waals surface area (Å²) in [5.74, 6) is 0.922. The van der Waals surface area contributed by atoms with Crippen LogP contribution in [0.2, 0.25) is 0 Å². The fourth-order valence-corrected chi connectivity index (χ4v) is 2.19. The molecule has 0 rings (SSSR count). The molecule has 92 valence electrons. The first-order chi connectivity index (χ1) is 7.05. The van der Waals surface area contributed by atoms with E-state index in [-0.39, 0.29) is 0 Å². The molecule has 1 heteroatoms. The molecule has 0 atom stereocenters. The molecule has 0 aliphatic carbocycles. The Morgan fingerprint density at radius 3 is 2.07 bits per heavy atom. The SMILES string of the molecule is CCCNCCC(C)(C)CC(CC)CC. The van der Waals surface area contributed by atoms with Crippen molar-refractivity contribution in [2.75, 3.05) is 13.1 Å². The Labute approximate surface area is 97.0 Å². The third kappa shape index (κ3) is 7.84. The predicted octanol–water partition coefficient (Wildman–Crippen LogP) is 4.23.